The fraction of sp³-hybridized carbons (Fsp3) is 0.600. The van der Waals surface area contributed by atoms with Crippen LogP contribution in [0, 0.1) is 6.92 Å². The minimum atomic E-state index is -0.862. The van der Waals surface area contributed by atoms with E-state index < -0.39 is 5.97 Å². The predicted molar refractivity (Wildman–Crippen MR) is 53.4 cm³/mol. The van der Waals surface area contributed by atoms with Gasteiger partial charge in [-0.3, -0.25) is 4.79 Å². The molecule has 0 aliphatic heterocycles. The molecule has 0 radical (unpaired) electrons. The van der Waals surface area contributed by atoms with Gasteiger partial charge in [0.1, 0.15) is 12.2 Å². The molecule has 0 spiro atoms. The van der Waals surface area contributed by atoms with Gasteiger partial charge in [0.2, 0.25) is 0 Å². The van der Waals surface area contributed by atoms with Crippen molar-refractivity contribution in [3.8, 4) is 0 Å². The number of aryl methyl sites for hydroxylation is 1. The summed E-state index contributed by atoms with van der Waals surface area (Å²) in [5.41, 5.74) is 1.85. The normalized spacial score (nSPS) is 11.7. The van der Waals surface area contributed by atoms with E-state index in [0.29, 0.717) is 5.82 Å². The standard InChI is InChI=1S/C10H16N2O2/c1-6-9(10(2,3)4)12-7(11-6)5-8(13)14/h5H2,1-4H3,(H,11,12)(H,13,14). The molecule has 0 saturated carbocycles. The first-order valence-corrected chi connectivity index (χ1v) is 4.58. The van der Waals surface area contributed by atoms with Crippen molar-refractivity contribution in [2.24, 2.45) is 0 Å². The smallest absolute Gasteiger partial charge is 0.311 e. The Labute approximate surface area is 83.4 Å². The Morgan fingerprint density at radius 1 is 1.50 bits per heavy atom. The van der Waals surface area contributed by atoms with Crippen LogP contribution in [-0.4, -0.2) is 21.0 Å². The predicted octanol–water partition coefficient (Wildman–Crippen LogP) is 1.64. The SMILES string of the molecule is Cc1[nH]c(CC(=O)O)nc1C(C)(C)C. The van der Waals surface area contributed by atoms with Crippen LogP contribution < -0.4 is 0 Å². The Morgan fingerprint density at radius 2 is 2.07 bits per heavy atom. The highest BCUT2D eigenvalue weighted by atomic mass is 16.4. The Hall–Kier alpha value is -1.32. The first kappa shape index (κ1) is 10.8. The molecule has 14 heavy (non-hydrogen) atoms. The van der Waals surface area contributed by atoms with Crippen LogP contribution >= 0.6 is 0 Å². The second kappa shape index (κ2) is 3.44. The molecule has 4 nitrogen and oxygen atoms in total. The summed E-state index contributed by atoms with van der Waals surface area (Å²) >= 11 is 0. The maximum Gasteiger partial charge on any atom is 0.311 e. The van der Waals surface area contributed by atoms with Crippen molar-refractivity contribution in [1.82, 2.24) is 9.97 Å². The van der Waals surface area contributed by atoms with Crippen molar-refractivity contribution in [3.05, 3.63) is 17.2 Å². The minimum absolute atomic E-state index is 0.0443. The zero-order valence-corrected chi connectivity index (χ0v) is 9.01. The molecule has 0 atom stereocenters. The van der Waals surface area contributed by atoms with Crippen LogP contribution in [0.4, 0.5) is 0 Å². The van der Waals surface area contributed by atoms with Gasteiger partial charge in [-0.2, -0.15) is 0 Å². The van der Waals surface area contributed by atoms with E-state index in [4.69, 9.17) is 5.11 Å². The molecule has 0 bridgehead atoms. The van der Waals surface area contributed by atoms with Gasteiger partial charge >= 0.3 is 5.97 Å². The van der Waals surface area contributed by atoms with Crippen LogP contribution in [0.2, 0.25) is 0 Å². The molecule has 4 heteroatoms. The third-order valence-electron chi connectivity index (χ3n) is 1.96. The molecule has 0 fully saturated rings. The van der Waals surface area contributed by atoms with E-state index in [2.05, 4.69) is 30.7 Å². The zero-order valence-electron chi connectivity index (χ0n) is 9.01. The van der Waals surface area contributed by atoms with Gasteiger partial charge in [-0.1, -0.05) is 20.8 Å². The summed E-state index contributed by atoms with van der Waals surface area (Å²) in [6.07, 6.45) is -0.0447. The highest BCUT2D eigenvalue weighted by Gasteiger charge is 2.21. The molecule has 0 aromatic carbocycles. The van der Waals surface area contributed by atoms with Gasteiger partial charge in [-0.05, 0) is 6.92 Å². The van der Waals surface area contributed by atoms with Crippen molar-refractivity contribution >= 4 is 5.97 Å². The molecular weight excluding hydrogens is 180 g/mol. The van der Waals surface area contributed by atoms with Crippen LogP contribution in [0.3, 0.4) is 0 Å². The number of imidazole rings is 1. The van der Waals surface area contributed by atoms with Gasteiger partial charge in [0.15, 0.2) is 0 Å². The van der Waals surface area contributed by atoms with Crippen molar-refractivity contribution in [1.29, 1.82) is 0 Å². The molecular formula is C10H16N2O2. The summed E-state index contributed by atoms with van der Waals surface area (Å²) in [5.74, 6) is -0.334. The van der Waals surface area contributed by atoms with Crippen molar-refractivity contribution in [2.45, 2.75) is 39.5 Å². The van der Waals surface area contributed by atoms with Gasteiger partial charge in [0.05, 0.1) is 5.69 Å². The molecule has 0 aliphatic carbocycles. The Balaban J connectivity index is 2.99. The summed E-state index contributed by atoms with van der Waals surface area (Å²) in [6.45, 7) is 8.08. The van der Waals surface area contributed by atoms with E-state index in [-0.39, 0.29) is 11.8 Å². The number of nitrogens with zero attached hydrogens (tertiary/aromatic N) is 1. The molecule has 2 N–H and O–H groups in total. The van der Waals surface area contributed by atoms with E-state index in [1.54, 1.807) is 0 Å². The second-order valence-corrected chi connectivity index (χ2v) is 4.48. The van der Waals surface area contributed by atoms with Crippen LogP contribution in [-0.2, 0) is 16.6 Å². The fourth-order valence-electron chi connectivity index (χ4n) is 1.48. The number of carboxylic acid groups (broad SMARTS) is 1. The molecule has 0 aliphatic rings. The van der Waals surface area contributed by atoms with Gasteiger partial charge in [0, 0.05) is 11.1 Å². The lowest BCUT2D eigenvalue weighted by atomic mass is 9.91. The number of aromatic amines is 1. The summed E-state index contributed by atoms with van der Waals surface area (Å²) in [5, 5.41) is 8.61. The number of hydrogen-bond donors (Lipinski definition) is 2. The molecule has 78 valence electrons. The van der Waals surface area contributed by atoms with Crippen LogP contribution in [0.15, 0.2) is 0 Å². The Morgan fingerprint density at radius 3 is 2.43 bits per heavy atom. The second-order valence-electron chi connectivity index (χ2n) is 4.48. The summed E-state index contributed by atoms with van der Waals surface area (Å²) < 4.78 is 0. The van der Waals surface area contributed by atoms with Crippen molar-refractivity contribution < 1.29 is 9.90 Å². The van der Waals surface area contributed by atoms with Crippen molar-refractivity contribution in [3.63, 3.8) is 0 Å². The van der Waals surface area contributed by atoms with Crippen molar-refractivity contribution in [2.75, 3.05) is 0 Å². The fourth-order valence-corrected chi connectivity index (χ4v) is 1.48. The Kier molecular flexibility index (Phi) is 2.64. The lowest BCUT2D eigenvalue weighted by Gasteiger charge is -2.15. The van der Waals surface area contributed by atoms with Crippen LogP contribution in [0.1, 0.15) is 38.0 Å². The molecule has 0 unspecified atom stereocenters. The third kappa shape index (κ3) is 2.34. The van der Waals surface area contributed by atoms with E-state index in [9.17, 15) is 4.79 Å². The monoisotopic (exact) mass is 196 g/mol. The third-order valence-corrected chi connectivity index (χ3v) is 1.96. The van der Waals surface area contributed by atoms with Gasteiger partial charge < -0.3 is 10.1 Å². The molecule has 1 aromatic heterocycles. The summed E-state index contributed by atoms with van der Waals surface area (Å²) in [4.78, 5) is 17.8. The average molecular weight is 196 g/mol. The number of rotatable bonds is 2. The Bertz CT molecular complexity index is 347. The molecule has 1 heterocycles. The quantitative estimate of drug-likeness (QED) is 0.755. The number of carboxylic acids is 1. The minimum Gasteiger partial charge on any atom is -0.481 e. The topological polar surface area (TPSA) is 66.0 Å². The number of H-pyrrole nitrogens is 1. The van der Waals surface area contributed by atoms with Crippen LogP contribution in [0.25, 0.3) is 0 Å². The maximum atomic E-state index is 10.5. The molecule has 1 aromatic rings. The summed E-state index contributed by atoms with van der Waals surface area (Å²) in [7, 11) is 0. The number of hydrogen-bond acceptors (Lipinski definition) is 2. The summed E-state index contributed by atoms with van der Waals surface area (Å²) in [6, 6.07) is 0. The van der Waals surface area contributed by atoms with Crippen LogP contribution in [0.5, 0.6) is 0 Å². The average Bonchev–Trinajstić information content (AvgIpc) is 2.27. The highest BCUT2D eigenvalue weighted by Crippen LogP contribution is 2.23. The molecule has 1 rings (SSSR count). The van der Waals surface area contributed by atoms with E-state index in [0.717, 1.165) is 11.4 Å². The number of aliphatic carboxylic acids is 1. The number of nitrogens with one attached hydrogen (secondary N) is 1. The van der Waals surface area contributed by atoms with E-state index in [1.165, 1.54) is 0 Å². The molecule has 0 saturated heterocycles. The van der Waals surface area contributed by atoms with E-state index >= 15 is 0 Å². The van der Waals surface area contributed by atoms with E-state index in [1.807, 2.05) is 6.92 Å². The number of aromatic nitrogens is 2. The lowest BCUT2D eigenvalue weighted by Crippen LogP contribution is -2.13. The maximum absolute atomic E-state index is 10.5. The largest absolute Gasteiger partial charge is 0.481 e. The molecule has 0 amide bonds. The first-order chi connectivity index (χ1) is 6.30. The first-order valence-electron chi connectivity index (χ1n) is 4.58. The van der Waals surface area contributed by atoms with Gasteiger partial charge in [-0.15, -0.1) is 0 Å². The van der Waals surface area contributed by atoms with Gasteiger partial charge in [0.25, 0.3) is 0 Å². The number of carbonyl (C=O) groups is 1. The zero-order chi connectivity index (χ0) is 10.9. The van der Waals surface area contributed by atoms with Gasteiger partial charge in [-0.25, -0.2) is 4.98 Å². The highest BCUT2D eigenvalue weighted by molar-refractivity contribution is 5.69. The lowest BCUT2D eigenvalue weighted by molar-refractivity contribution is -0.136.